The maximum absolute atomic E-state index is 13.1. The first-order valence-corrected chi connectivity index (χ1v) is 32.6. The van der Waals surface area contributed by atoms with Crippen LogP contribution in [0.1, 0.15) is 252 Å². The lowest BCUT2D eigenvalue weighted by atomic mass is 9.86. The summed E-state index contributed by atoms with van der Waals surface area (Å²) >= 11 is 0. The highest BCUT2D eigenvalue weighted by Gasteiger charge is 2.39. The third-order valence-corrected chi connectivity index (χ3v) is 16.0. The van der Waals surface area contributed by atoms with Crippen LogP contribution < -0.4 is 0 Å². The molecule has 7 unspecified atom stereocenters. The standard InChI is InChI=1S/C69H105NO14/c1-4-7-9-10-26-35-44-56(60-51-66(75)84-69(60)78)45-37-29-24-25-32-40-48-64(73)81-57(52-79-62(71)46-38-30-22-18-14-12-11-13-16-20-27-34-41-54(6-3)59-50-65(74)83-68(59)77)53-80-63(72)47-39-31-23-19-15-17-21-28-36-43-55(42-33-8-5-2)58-49-61(70)82-67(58)76/h11,13,20-21,27-28,34,36-37,41,43,45,54-60,70H,4-10,12,14-19,22-26,29-33,35,38-40,42,44,46-53H2,1-3H3/b13-11-,27-20-,28-21-,41-34+,43-36+,45-37+,70-61?. The van der Waals surface area contributed by atoms with Gasteiger partial charge >= 0.3 is 47.8 Å². The molecule has 3 rings (SSSR count). The van der Waals surface area contributed by atoms with Gasteiger partial charge in [0, 0.05) is 25.7 Å². The highest BCUT2D eigenvalue weighted by molar-refractivity contribution is 5.96. The zero-order valence-electron chi connectivity index (χ0n) is 51.6. The number of hydrogen-bond acceptors (Lipinski definition) is 15. The second-order valence-corrected chi connectivity index (χ2v) is 23.1. The van der Waals surface area contributed by atoms with Crippen LogP contribution in [0.3, 0.4) is 0 Å². The summed E-state index contributed by atoms with van der Waals surface area (Å²) in [4.78, 5) is 98.6. The molecule has 0 aromatic carbocycles. The number of carbonyl (C=O) groups is 8. The summed E-state index contributed by atoms with van der Waals surface area (Å²) in [5.41, 5.74) is 0. The number of cyclic esters (lactones) is 5. The maximum atomic E-state index is 13.1. The monoisotopic (exact) mass is 1170 g/mol. The predicted molar refractivity (Wildman–Crippen MR) is 327 cm³/mol. The van der Waals surface area contributed by atoms with Gasteiger partial charge in [-0.15, -0.1) is 0 Å². The van der Waals surface area contributed by atoms with E-state index in [1.165, 1.54) is 25.7 Å². The number of esters is 8. The van der Waals surface area contributed by atoms with Crippen LogP contribution in [0.5, 0.6) is 0 Å². The second kappa shape index (κ2) is 46.5. The Balaban J connectivity index is 1.36. The molecular weight excluding hydrogens is 1070 g/mol. The van der Waals surface area contributed by atoms with E-state index in [2.05, 4.69) is 50.3 Å². The van der Waals surface area contributed by atoms with Gasteiger partial charge in [-0.3, -0.25) is 43.8 Å². The minimum absolute atomic E-state index is 0.0113. The maximum Gasteiger partial charge on any atom is 0.317 e. The van der Waals surface area contributed by atoms with E-state index in [4.69, 9.17) is 33.8 Å². The highest BCUT2D eigenvalue weighted by atomic mass is 16.6. The molecule has 3 aliphatic rings. The molecule has 84 heavy (non-hydrogen) atoms. The van der Waals surface area contributed by atoms with Gasteiger partial charge in [0.25, 0.3) is 0 Å². The van der Waals surface area contributed by atoms with Gasteiger partial charge in [0.2, 0.25) is 0 Å². The van der Waals surface area contributed by atoms with Gasteiger partial charge in [0.05, 0.1) is 30.6 Å². The summed E-state index contributed by atoms with van der Waals surface area (Å²) in [6.45, 7) is 5.95. The molecule has 15 nitrogen and oxygen atoms in total. The van der Waals surface area contributed by atoms with E-state index >= 15 is 0 Å². The van der Waals surface area contributed by atoms with Gasteiger partial charge in [-0.2, -0.15) is 0 Å². The van der Waals surface area contributed by atoms with E-state index in [1.807, 2.05) is 43.4 Å². The van der Waals surface area contributed by atoms with Crippen molar-refractivity contribution in [3.05, 3.63) is 72.9 Å². The second-order valence-electron chi connectivity index (χ2n) is 23.1. The smallest absolute Gasteiger partial charge is 0.317 e. The fourth-order valence-corrected chi connectivity index (χ4v) is 10.9. The fraction of sp³-hybridized carbons (Fsp3) is 0.696. The molecule has 3 heterocycles. The van der Waals surface area contributed by atoms with Crippen LogP contribution in [0.25, 0.3) is 0 Å². The third-order valence-electron chi connectivity index (χ3n) is 16.0. The normalized spacial score (nSPS) is 19.0. The van der Waals surface area contributed by atoms with Gasteiger partial charge in [-0.25, -0.2) is 0 Å². The third kappa shape index (κ3) is 33.7. The van der Waals surface area contributed by atoms with Gasteiger partial charge in [0.1, 0.15) is 13.2 Å². The number of unbranched alkanes of at least 4 members (excludes halogenated alkanes) is 21. The van der Waals surface area contributed by atoms with E-state index in [9.17, 15) is 38.4 Å². The molecule has 3 fully saturated rings. The number of hydrogen-bond donors (Lipinski definition) is 1. The Morgan fingerprint density at radius 3 is 1.42 bits per heavy atom. The van der Waals surface area contributed by atoms with Crippen molar-refractivity contribution in [3.8, 4) is 0 Å². The number of rotatable bonds is 50. The Morgan fingerprint density at radius 1 is 0.452 bits per heavy atom. The molecule has 0 saturated carbocycles. The van der Waals surface area contributed by atoms with Crippen molar-refractivity contribution in [1.82, 2.24) is 0 Å². The summed E-state index contributed by atoms with van der Waals surface area (Å²) < 4.78 is 31.5. The van der Waals surface area contributed by atoms with E-state index in [-0.39, 0.29) is 92.8 Å². The Morgan fingerprint density at radius 2 is 0.881 bits per heavy atom. The Bertz CT molecular complexity index is 2150. The van der Waals surface area contributed by atoms with Crippen molar-refractivity contribution >= 4 is 53.7 Å². The van der Waals surface area contributed by atoms with Crippen molar-refractivity contribution < 1.29 is 66.8 Å². The minimum Gasteiger partial charge on any atom is -0.462 e. The Labute approximate surface area is 503 Å². The SMILES string of the molecule is CCCCCCCCC(/C=C/CCCCCCC(=O)OC(COC(=O)CCCCCCC/C=C\C=C\C(CCCCC)C1CC(=N)OC1=O)COC(=O)CCCCCCC/C=C\C/C=C\C=C\C(CC)C1CC(=O)OC1=O)C1CC(=O)OC1=O. The van der Waals surface area contributed by atoms with E-state index < -0.39 is 47.8 Å². The van der Waals surface area contributed by atoms with Crippen molar-refractivity contribution in [2.75, 3.05) is 13.2 Å². The zero-order chi connectivity index (χ0) is 60.8. The molecule has 470 valence electrons. The molecule has 7 atom stereocenters. The predicted octanol–water partition coefficient (Wildman–Crippen LogP) is 15.8. The van der Waals surface area contributed by atoms with Crippen molar-refractivity contribution in [1.29, 1.82) is 5.41 Å². The largest absolute Gasteiger partial charge is 0.462 e. The first-order valence-electron chi connectivity index (χ1n) is 32.6. The molecule has 3 aliphatic heterocycles. The van der Waals surface area contributed by atoms with Crippen LogP contribution in [0.2, 0.25) is 0 Å². The molecule has 0 amide bonds. The van der Waals surface area contributed by atoms with Crippen LogP contribution in [0.15, 0.2) is 72.9 Å². The first-order chi connectivity index (χ1) is 40.8. The lowest BCUT2D eigenvalue weighted by molar-refractivity contribution is -0.167. The molecule has 0 spiro atoms. The minimum atomic E-state index is -0.915. The lowest BCUT2D eigenvalue weighted by Crippen LogP contribution is -2.30. The fourth-order valence-electron chi connectivity index (χ4n) is 10.9. The average molecular weight is 1170 g/mol. The van der Waals surface area contributed by atoms with Crippen molar-refractivity contribution in [2.24, 2.45) is 35.5 Å². The number of carbonyl (C=O) groups excluding carboxylic acids is 8. The van der Waals surface area contributed by atoms with Crippen molar-refractivity contribution in [3.63, 3.8) is 0 Å². The zero-order valence-corrected chi connectivity index (χ0v) is 51.6. The van der Waals surface area contributed by atoms with Crippen LogP contribution in [0.4, 0.5) is 0 Å². The topological polar surface area (TPSA) is 216 Å². The number of allylic oxidation sites excluding steroid dienone is 12. The molecule has 0 aromatic heterocycles. The molecular formula is C69H105NO14. The first kappa shape index (κ1) is 72.5. The van der Waals surface area contributed by atoms with Crippen LogP contribution in [-0.2, 0) is 66.8 Å². The summed E-state index contributed by atoms with van der Waals surface area (Å²) in [6, 6.07) is 0. The molecule has 0 bridgehead atoms. The molecule has 0 aromatic rings. The summed E-state index contributed by atoms with van der Waals surface area (Å²) in [5.74, 6) is -4.20. The van der Waals surface area contributed by atoms with E-state index in [1.54, 1.807) is 0 Å². The number of ether oxygens (including phenoxy) is 6. The molecule has 15 heteroatoms. The average Bonchev–Trinajstić information content (AvgIpc) is 4.23. The quantitative estimate of drug-likeness (QED) is 0.0150. The lowest BCUT2D eigenvalue weighted by Gasteiger charge is -2.18. The van der Waals surface area contributed by atoms with Crippen LogP contribution in [0, 0.1) is 40.9 Å². The van der Waals surface area contributed by atoms with Gasteiger partial charge in [-0.05, 0) is 101 Å². The van der Waals surface area contributed by atoms with E-state index in [0.29, 0.717) is 25.7 Å². The molecule has 3 saturated heterocycles. The van der Waals surface area contributed by atoms with Gasteiger partial charge < -0.3 is 28.4 Å². The van der Waals surface area contributed by atoms with Crippen molar-refractivity contribution in [2.45, 2.75) is 258 Å². The van der Waals surface area contributed by atoms with Crippen LogP contribution >= 0.6 is 0 Å². The van der Waals surface area contributed by atoms with Gasteiger partial charge in [0.15, 0.2) is 12.0 Å². The summed E-state index contributed by atoms with van der Waals surface area (Å²) in [7, 11) is 0. The summed E-state index contributed by atoms with van der Waals surface area (Å²) in [6.07, 6.45) is 53.8. The van der Waals surface area contributed by atoms with Crippen LogP contribution in [-0.4, -0.2) is 73.0 Å². The molecule has 0 aliphatic carbocycles. The molecule has 0 radical (unpaired) electrons. The van der Waals surface area contributed by atoms with Gasteiger partial charge in [-0.1, -0.05) is 203 Å². The summed E-state index contributed by atoms with van der Waals surface area (Å²) in [5, 5.41) is 7.77. The number of nitrogens with one attached hydrogen (secondary N) is 1. The molecule has 1 N–H and O–H groups in total. The highest BCUT2D eigenvalue weighted by Crippen LogP contribution is 2.32. The van der Waals surface area contributed by atoms with E-state index in [0.717, 1.165) is 148 Å². The Hall–Kier alpha value is -5.73. The Kier molecular flexibility index (Phi) is 40.2.